The van der Waals surface area contributed by atoms with Crippen LogP contribution in [0, 0.1) is 0 Å². The lowest BCUT2D eigenvalue weighted by Gasteiger charge is -2.30. The van der Waals surface area contributed by atoms with Crippen LogP contribution in [0.25, 0.3) is 0 Å². The van der Waals surface area contributed by atoms with Gasteiger partial charge in [0.25, 0.3) is 5.91 Å². The molecule has 2 saturated carbocycles. The molecule has 0 atom stereocenters. The van der Waals surface area contributed by atoms with Crippen molar-refractivity contribution in [1.82, 2.24) is 9.62 Å². The highest BCUT2D eigenvalue weighted by molar-refractivity contribution is 7.89. The van der Waals surface area contributed by atoms with E-state index in [0.717, 1.165) is 44.9 Å². The van der Waals surface area contributed by atoms with Gasteiger partial charge in [0.05, 0.1) is 12.0 Å². The number of sulfonamides is 1. The normalized spacial score (nSPS) is 19.8. The van der Waals surface area contributed by atoms with Crippen molar-refractivity contribution >= 4 is 21.9 Å². The summed E-state index contributed by atoms with van der Waals surface area (Å²) in [5.74, 6) is -0.835. The van der Waals surface area contributed by atoms with Gasteiger partial charge in [-0.2, -0.15) is 4.31 Å². The van der Waals surface area contributed by atoms with Crippen LogP contribution in [-0.4, -0.2) is 50.3 Å². The van der Waals surface area contributed by atoms with Gasteiger partial charge in [0.15, 0.2) is 0 Å². The maximum absolute atomic E-state index is 12.9. The lowest BCUT2D eigenvalue weighted by molar-refractivity contribution is -0.148. The summed E-state index contributed by atoms with van der Waals surface area (Å²) in [6, 6.07) is 5.94. The molecule has 29 heavy (non-hydrogen) atoms. The van der Waals surface area contributed by atoms with Crippen molar-refractivity contribution < 1.29 is 22.7 Å². The summed E-state index contributed by atoms with van der Waals surface area (Å²) < 4.78 is 32.2. The number of amides is 1. The van der Waals surface area contributed by atoms with E-state index in [1.807, 2.05) is 0 Å². The van der Waals surface area contributed by atoms with Crippen LogP contribution >= 0.6 is 0 Å². The van der Waals surface area contributed by atoms with E-state index in [4.69, 9.17) is 4.74 Å². The number of rotatable bonds is 6. The number of benzene rings is 1. The molecule has 1 N–H and O–H groups in total. The number of hydrogen-bond acceptors (Lipinski definition) is 5. The van der Waals surface area contributed by atoms with Crippen molar-refractivity contribution in [3.8, 4) is 0 Å². The van der Waals surface area contributed by atoms with Crippen molar-refractivity contribution in [3.63, 3.8) is 0 Å². The summed E-state index contributed by atoms with van der Waals surface area (Å²) in [6.45, 7) is 0. The molecule has 0 aliphatic heterocycles. The summed E-state index contributed by atoms with van der Waals surface area (Å²) in [6.07, 6.45) is 7.80. The number of hydrogen-bond donors (Lipinski definition) is 1. The predicted molar refractivity (Wildman–Crippen MR) is 109 cm³/mol. The van der Waals surface area contributed by atoms with Crippen LogP contribution in [0.1, 0.15) is 68.1 Å². The largest absolute Gasteiger partial charge is 0.467 e. The number of methoxy groups -OCH3 is 1. The molecule has 0 spiro atoms. The first-order valence-corrected chi connectivity index (χ1v) is 11.7. The monoisotopic (exact) mass is 422 g/mol. The first kappa shape index (κ1) is 21.8. The predicted octanol–water partition coefficient (Wildman–Crippen LogP) is 2.86. The second kappa shape index (κ2) is 8.83. The van der Waals surface area contributed by atoms with Crippen molar-refractivity contribution in [2.75, 3.05) is 14.2 Å². The molecular weight excluding hydrogens is 392 g/mol. The van der Waals surface area contributed by atoms with Gasteiger partial charge in [0, 0.05) is 18.7 Å². The standard InChI is InChI=1S/C21H30N2O5S/c1-23(17-8-4-3-5-9-17)29(26,27)18-12-10-16(11-13-18)19(24)22-21(20(25)28-2)14-6-7-15-21/h10-13,17H,3-9,14-15H2,1-2H3,(H,22,24). The van der Waals surface area contributed by atoms with Gasteiger partial charge in [-0.15, -0.1) is 0 Å². The van der Waals surface area contributed by atoms with E-state index < -0.39 is 27.4 Å². The molecule has 160 valence electrons. The van der Waals surface area contributed by atoms with Crippen LogP contribution in [0.15, 0.2) is 29.2 Å². The first-order chi connectivity index (χ1) is 13.8. The number of carbonyl (C=O) groups excluding carboxylic acids is 2. The van der Waals surface area contributed by atoms with Crippen LogP contribution in [0.4, 0.5) is 0 Å². The smallest absolute Gasteiger partial charge is 0.331 e. The SMILES string of the molecule is COC(=O)C1(NC(=O)c2ccc(S(=O)(=O)N(C)C3CCCCC3)cc2)CCCC1. The fourth-order valence-electron chi connectivity index (χ4n) is 4.43. The van der Waals surface area contributed by atoms with Crippen LogP contribution in [0.3, 0.4) is 0 Å². The molecule has 0 unspecified atom stereocenters. The third-order valence-electron chi connectivity index (χ3n) is 6.27. The maximum Gasteiger partial charge on any atom is 0.331 e. The van der Waals surface area contributed by atoms with Crippen molar-refractivity contribution in [2.45, 2.75) is 74.3 Å². The quantitative estimate of drug-likeness (QED) is 0.712. The summed E-state index contributed by atoms with van der Waals surface area (Å²) >= 11 is 0. The van der Waals surface area contributed by atoms with Gasteiger partial charge in [-0.25, -0.2) is 13.2 Å². The topological polar surface area (TPSA) is 92.8 Å². The average molecular weight is 423 g/mol. The Hall–Kier alpha value is -1.93. The number of esters is 1. The fraction of sp³-hybridized carbons (Fsp3) is 0.619. The minimum atomic E-state index is -3.61. The lowest BCUT2D eigenvalue weighted by atomic mass is 9.96. The van der Waals surface area contributed by atoms with E-state index in [1.54, 1.807) is 7.05 Å². The second-order valence-corrected chi connectivity index (χ2v) is 10.1. The van der Waals surface area contributed by atoms with Crippen LogP contribution in [0.5, 0.6) is 0 Å². The molecule has 0 radical (unpaired) electrons. The molecule has 0 heterocycles. The third kappa shape index (κ3) is 4.48. The van der Waals surface area contributed by atoms with E-state index in [9.17, 15) is 18.0 Å². The zero-order valence-corrected chi connectivity index (χ0v) is 18.0. The van der Waals surface area contributed by atoms with Gasteiger partial charge < -0.3 is 10.1 Å². The Balaban J connectivity index is 1.73. The second-order valence-electron chi connectivity index (χ2n) is 8.07. The molecule has 0 aromatic heterocycles. The molecule has 7 nitrogen and oxygen atoms in total. The number of nitrogens with one attached hydrogen (secondary N) is 1. The zero-order chi connectivity index (χ0) is 21.1. The Labute approximate surface area is 172 Å². The Bertz CT molecular complexity index is 838. The summed E-state index contributed by atoms with van der Waals surface area (Å²) in [4.78, 5) is 25.1. The summed E-state index contributed by atoms with van der Waals surface area (Å²) in [5, 5.41) is 2.82. The van der Waals surface area contributed by atoms with Gasteiger partial charge in [-0.3, -0.25) is 4.79 Å². The van der Waals surface area contributed by atoms with Crippen LogP contribution < -0.4 is 5.32 Å². The molecular formula is C21H30N2O5S. The van der Waals surface area contributed by atoms with E-state index in [-0.39, 0.29) is 10.9 Å². The Morgan fingerprint density at radius 1 is 1.03 bits per heavy atom. The van der Waals surface area contributed by atoms with Gasteiger partial charge in [-0.1, -0.05) is 32.1 Å². The molecule has 0 bridgehead atoms. The van der Waals surface area contributed by atoms with Crippen LogP contribution in [-0.2, 0) is 19.6 Å². The Morgan fingerprint density at radius 2 is 1.62 bits per heavy atom. The molecule has 2 fully saturated rings. The highest BCUT2D eigenvalue weighted by Crippen LogP contribution is 2.31. The zero-order valence-electron chi connectivity index (χ0n) is 17.1. The molecule has 3 rings (SSSR count). The summed E-state index contributed by atoms with van der Waals surface area (Å²) in [7, 11) is -0.658. The minimum absolute atomic E-state index is 0.0269. The Kier molecular flexibility index (Phi) is 6.63. The summed E-state index contributed by atoms with van der Waals surface area (Å²) in [5.41, 5.74) is -0.669. The molecule has 1 amide bonds. The van der Waals surface area contributed by atoms with E-state index >= 15 is 0 Å². The van der Waals surface area contributed by atoms with Gasteiger partial charge in [0.1, 0.15) is 5.54 Å². The first-order valence-electron chi connectivity index (χ1n) is 10.3. The number of nitrogens with zero attached hydrogens (tertiary/aromatic N) is 1. The van der Waals surface area contributed by atoms with Gasteiger partial charge in [-0.05, 0) is 49.9 Å². The third-order valence-corrected chi connectivity index (χ3v) is 8.19. The Morgan fingerprint density at radius 3 is 2.17 bits per heavy atom. The van der Waals surface area contributed by atoms with E-state index in [0.29, 0.717) is 18.4 Å². The average Bonchev–Trinajstić information content (AvgIpc) is 3.22. The molecule has 8 heteroatoms. The molecule has 2 aliphatic carbocycles. The van der Waals surface area contributed by atoms with Crippen molar-refractivity contribution in [1.29, 1.82) is 0 Å². The number of ether oxygens (including phenoxy) is 1. The van der Waals surface area contributed by atoms with Crippen molar-refractivity contribution in [3.05, 3.63) is 29.8 Å². The fourth-order valence-corrected chi connectivity index (χ4v) is 5.84. The van der Waals surface area contributed by atoms with Crippen LogP contribution in [0.2, 0.25) is 0 Å². The molecule has 0 saturated heterocycles. The van der Waals surface area contributed by atoms with Crippen molar-refractivity contribution in [2.24, 2.45) is 0 Å². The molecule has 2 aliphatic rings. The molecule has 1 aromatic carbocycles. The maximum atomic E-state index is 12.9. The van der Waals surface area contributed by atoms with E-state index in [2.05, 4.69) is 5.32 Å². The minimum Gasteiger partial charge on any atom is -0.467 e. The highest BCUT2D eigenvalue weighted by Gasteiger charge is 2.43. The highest BCUT2D eigenvalue weighted by atomic mass is 32.2. The van der Waals surface area contributed by atoms with Gasteiger partial charge >= 0.3 is 5.97 Å². The lowest BCUT2D eigenvalue weighted by Crippen LogP contribution is -2.53. The molecule has 1 aromatic rings. The number of carbonyl (C=O) groups is 2. The van der Waals surface area contributed by atoms with Gasteiger partial charge in [0.2, 0.25) is 10.0 Å². The van der Waals surface area contributed by atoms with E-state index in [1.165, 1.54) is 35.7 Å².